The second-order valence-corrected chi connectivity index (χ2v) is 9.68. The largest absolute Gasteiger partial charge is 0.488 e. The molecule has 192 valence electrons. The van der Waals surface area contributed by atoms with Gasteiger partial charge in [0, 0.05) is 29.7 Å². The van der Waals surface area contributed by atoms with Crippen molar-refractivity contribution in [1.29, 1.82) is 0 Å². The molecule has 6 rings (SSSR count). The molecule has 0 fully saturated rings. The number of rotatable bonds is 7. The van der Waals surface area contributed by atoms with Crippen molar-refractivity contribution in [3.63, 3.8) is 0 Å². The van der Waals surface area contributed by atoms with Crippen LogP contribution in [-0.4, -0.2) is 19.7 Å². The normalized spacial score (nSPS) is 14.1. The maximum atomic E-state index is 11.9. The minimum absolute atomic E-state index is 0.449. The fourth-order valence-electron chi connectivity index (χ4n) is 5.40. The topological polar surface area (TPSA) is 85.9 Å². The maximum absolute atomic E-state index is 11.9. The zero-order valence-corrected chi connectivity index (χ0v) is 21.7. The van der Waals surface area contributed by atoms with Crippen molar-refractivity contribution in [2.24, 2.45) is 0 Å². The van der Waals surface area contributed by atoms with Crippen LogP contribution in [0.25, 0.3) is 22.2 Å². The molecule has 1 aliphatic heterocycles. The van der Waals surface area contributed by atoms with E-state index in [4.69, 9.17) is 14.2 Å². The lowest BCUT2D eigenvalue weighted by Crippen LogP contribution is -2.07. The summed E-state index contributed by atoms with van der Waals surface area (Å²) in [6.07, 6.45) is 3.59. The number of nitrogens with one attached hydrogen (secondary N) is 1. The molecule has 2 aromatic heterocycles. The van der Waals surface area contributed by atoms with E-state index >= 15 is 0 Å². The minimum Gasteiger partial charge on any atom is -0.488 e. The highest BCUT2D eigenvalue weighted by Gasteiger charge is 2.25. The number of aryl methyl sites for hydroxylation is 1. The highest BCUT2D eigenvalue weighted by molar-refractivity contribution is 5.99. The third kappa shape index (κ3) is 4.34. The lowest BCUT2D eigenvalue weighted by atomic mass is 9.87. The summed E-state index contributed by atoms with van der Waals surface area (Å²) in [6, 6.07) is 23.0. The number of allylic oxidation sites excluding steroid dienone is 1. The van der Waals surface area contributed by atoms with Crippen molar-refractivity contribution in [2.75, 3.05) is 0 Å². The van der Waals surface area contributed by atoms with Gasteiger partial charge in [-0.2, -0.15) is 0 Å². The molecule has 0 amide bonds. The number of hydrogen-bond acceptors (Lipinski definition) is 5. The Morgan fingerprint density at radius 1 is 1.00 bits per heavy atom. The molecule has 1 N–H and O–H groups in total. The summed E-state index contributed by atoms with van der Waals surface area (Å²) in [6.45, 7) is 5.48. The van der Waals surface area contributed by atoms with Gasteiger partial charge in [0.2, 0.25) is 0 Å². The SMILES string of the molecule is CCCC(=C1c2ccc(Cn3c(CCC)nc4ccccc43)cc2COc2ccccc21)c1noc(=O)[nH]1. The number of aromatic nitrogens is 4. The van der Waals surface area contributed by atoms with Crippen LogP contribution in [0.4, 0.5) is 0 Å². The first-order valence-electron chi connectivity index (χ1n) is 13.2. The molecule has 3 heterocycles. The van der Waals surface area contributed by atoms with Gasteiger partial charge in [0.1, 0.15) is 18.2 Å². The number of para-hydroxylation sites is 3. The predicted molar refractivity (Wildman–Crippen MR) is 148 cm³/mol. The monoisotopic (exact) mass is 506 g/mol. The van der Waals surface area contributed by atoms with Gasteiger partial charge in [-0.15, -0.1) is 0 Å². The van der Waals surface area contributed by atoms with Gasteiger partial charge in [-0.05, 0) is 53.8 Å². The molecule has 0 saturated carbocycles. The van der Waals surface area contributed by atoms with Gasteiger partial charge < -0.3 is 9.30 Å². The number of ether oxygens (including phenoxy) is 1. The Hall–Kier alpha value is -4.39. The summed E-state index contributed by atoms with van der Waals surface area (Å²) in [5, 5.41) is 4.06. The molecule has 7 nitrogen and oxygen atoms in total. The van der Waals surface area contributed by atoms with Gasteiger partial charge in [0.15, 0.2) is 5.82 Å². The van der Waals surface area contributed by atoms with E-state index in [1.807, 2.05) is 24.3 Å². The predicted octanol–water partition coefficient (Wildman–Crippen LogP) is 6.37. The van der Waals surface area contributed by atoms with E-state index in [2.05, 4.69) is 71.0 Å². The first-order chi connectivity index (χ1) is 18.7. The summed E-state index contributed by atoms with van der Waals surface area (Å²) in [5.74, 6) is 1.82. The van der Waals surface area contributed by atoms with Crippen molar-refractivity contribution in [3.05, 3.63) is 111 Å². The van der Waals surface area contributed by atoms with Crippen LogP contribution < -0.4 is 10.5 Å². The summed E-state index contributed by atoms with van der Waals surface area (Å²) >= 11 is 0. The Bertz CT molecular complexity index is 1710. The summed E-state index contributed by atoms with van der Waals surface area (Å²) in [4.78, 5) is 19.5. The molecule has 0 spiro atoms. The Morgan fingerprint density at radius 3 is 2.66 bits per heavy atom. The van der Waals surface area contributed by atoms with Crippen LogP contribution in [0.2, 0.25) is 0 Å². The van der Waals surface area contributed by atoms with E-state index in [9.17, 15) is 4.79 Å². The lowest BCUT2D eigenvalue weighted by molar-refractivity contribution is 0.307. The Labute approximate surface area is 220 Å². The van der Waals surface area contributed by atoms with E-state index in [1.165, 1.54) is 5.56 Å². The molecule has 0 saturated heterocycles. The fourth-order valence-corrected chi connectivity index (χ4v) is 5.40. The summed E-state index contributed by atoms with van der Waals surface area (Å²) in [5.41, 5.74) is 8.48. The molecule has 0 atom stereocenters. The van der Waals surface area contributed by atoms with Crippen LogP contribution in [-0.2, 0) is 19.6 Å². The molecule has 0 aliphatic carbocycles. The smallest absolute Gasteiger partial charge is 0.439 e. The molecule has 1 aliphatic rings. The maximum Gasteiger partial charge on any atom is 0.439 e. The molecular formula is C31H30N4O3. The molecule has 0 radical (unpaired) electrons. The van der Waals surface area contributed by atoms with Crippen LogP contribution in [0.5, 0.6) is 5.75 Å². The van der Waals surface area contributed by atoms with E-state index < -0.39 is 5.76 Å². The average molecular weight is 507 g/mol. The third-order valence-corrected chi connectivity index (χ3v) is 7.05. The van der Waals surface area contributed by atoms with Crippen LogP contribution in [0.1, 0.15) is 67.0 Å². The molecular weight excluding hydrogens is 476 g/mol. The van der Waals surface area contributed by atoms with Gasteiger partial charge in [-0.3, -0.25) is 9.51 Å². The second-order valence-electron chi connectivity index (χ2n) is 9.68. The number of H-pyrrole nitrogens is 1. The lowest BCUT2D eigenvalue weighted by Gasteiger charge is -2.16. The van der Waals surface area contributed by atoms with E-state index in [1.54, 1.807) is 0 Å². The Kier molecular flexibility index (Phi) is 6.42. The highest BCUT2D eigenvalue weighted by Crippen LogP contribution is 2.42. The minimum atomic E-state index is -0.557. The van der Waals surface area contributed by atoms with E-state index in [0.29, 0.717) is 12.4 Å². The zero-order chi connectivity index (χ0) is 26.1. The second kappa shape index (κ2) is 10.2. The van der Waals surface area contributed by atoms with E-state index in [-0.39, 0.29) is 0 Å². The zero-order valence-electron chi connectivity index (χ0n) is 21.7. The number of aromatic amines is 1. The number of nitrogens with zero attached hydrogens (tertiary/aromatic N) is 3. The molecule has 38 heavy (non-hydrogen) atoms. The average Bonchev–Trinajstić information content (AvgIpc) is 3.47. The molecule has 0 unspecified atom stereocenters. The standard InChI is InChI=1S/C31H30N4O3/c1-3-9-24(30-33-31(36)38-34-30)29-22-16-15-20(17-21(22)19-37-27-14-8-5-11-23(27)29)18-35-26-13-7-6-12-25(26)32-28(35)10-4-2/h5-8,11-17H,3-4,9-10,18-19H2,1-2H3,(H,33,34,36). The van der Waals surface area contributed by atoms with Crippen molar-refractivity contribution in [1.82, 2.24) is 19.7 Å². The molecule has 5 aromatic rings. The van der Waals surface area contributed by atoms with Crippen LogP contribution in [0.3, 0.4) is 0 Å². The Balaban J connectivity index is 1.50. The van der Waals surface area contributed by atoms with Crippen LogP contribution in [0.15, 0.2) is 76.0 Å². The van der Waals surface area contributed by atoms with Gasteiger partial charge >= 0.3 is 5.76 Å². The molecule has 0 bridgehead atoms. The number of fused-ring (bicyclic) bond motifs is 3. The summed E-state index contributed by atoms with van der Waals surface area (Å²) in [7, 11) is 0. The van der Waals surface area contributed by atoms with Crippen molar-refractivity contribution < 1.29 is 9.26 Å². The van der Waals surface area contributed by atoms with E-state index in [0.717, 1.165) is 82.7 Å². The third-order valence-electron chi connectivity index (χ3n) is 7.05. The number of benzene rings is 3. The van der Waals surface area contributed by atoms with Crippen LogP contribution >= 0.6 is 0 Å². The molecule has 3 aromatic carbocycles. The highest BCUT2D eigenvalue weighted by atomic mass is 16.5. The molecule has 7 heteroatoms. The van der Waals surface area contributed by atoms with Gasteiger partial charge in [0.05, 0.1) is 11.0 Å². The van der Waals surface area contributed by atoms with Gasteiger partial charge in [-0.25, -0.2) is 9.78 Å². The number of imidazole rings is 1. The fraction of sp³-hybridized carbons (Fsp3) is 0.258. The number of hydrogen-bond donors (Lipinski definition) is 1. The van der Waals surface area contributed by atoms with Crippen molar-refractivity contribution >= 4 is 22.2 Å². The van der Waals surface area contributed by atoms with Crippen molar-refractivity contribution in [3.8, 4) is 5.75 Å². The summed E-state index contributed by atoms with van der Waals surface area (Å²) < 4.78 is 13.6. The first kappa shape index (κ1) is 24.0. The van der Waals surface area contributed by atoms with Gasteiger partial charge in [0.25, 0.3) is 0 Å². The van der Waals surface area contributed by atoms with Crippen LogP contribution in [0, 0.1) is 0 Å². The van der Waals surface area contributed by atoms with Crippen molar-refractivity contribution in [2.45, 2.75) is 52.7 Å². The quantitative estimate of drug-likeness (QED) is 0.277. The van der Waals surface area contributed by atoms with Gasteiger partial charge in [-0.1, -0.05) is 67.9 Å². The Morgan fingerprint density at radius 2 is 1.84 bits per heavy atom. The first-order valence-corrected chi connectivity index (χ1v) is 13.2.